The number of anilines is 1. The van der Waals surface area contributed by atoms with Crippen LogP contribution in [-0.2, 0) is 6.54 Å². The van der Waals surface area contributed by atoms with E-state index >= 15 is 0 Å². The van der Waals surface area contributed by atoms with E-state index in [2.05, 4.69) is 31.8 Å². The number of halogens is 1. The highest BCUT2D eigenvalue weighted by Gasteiger charge is 2.27. The van der Waals surface area contributed by atoms with Gasteiger partial charge in [-0.25, -0.2) is 29.1 Å². The number of aromatic nitrogens is 5. The van der Waals surface area contributed by atoms with Crippen molar-refractivity contribution in [2.24, 2.45) is 17.8 Å². The van der Waals surface area contributed by atoms with E-state index in [4.69, 9.17) is 4.98 Å². The number of carboxylic acid groups (broad SMARTS) is 1. The molecule has 0 unspecified atom stereocenters. The molecule has 0 bridgehead atoms. The summed E-state index contributed by atoms with van der Waals surface area (Å²) in [6.07, 6.45) is 10.7. The van der Waals surface area contributed by atoms with Gasteiger partial charge in [0, 0.05) is 13.1 Å². The number of carbonyl (C=O) groups is 1. The van der Waals surface area contributed by atoms with Gasteiger partial charge in [0.2, 0.25) is 5.82 Å². The molecule has 0 aromatic carbocycles. The molecule has 0 atom stereocenters. The van der Waals surface area contributed by atoms with Gasteiger partial charge in [0.05, 0.1) is 6.20 Å². The van der Waals surface area contributed by atoms with Crippen LogP contribution in [0, 0.1) is 23.6 Å². The smallest absolute Gasteiger partial charge is 0.374 e. The maximum absolute atomic E-state index is 14.5. The third-order valence-corrected chi connectivity index (χ3v) is 8.18. The first-order valence-corrected chi connectivity index (χ1v) is 13.7. The minimum atomic E-state index is -1.19. The van der Waals surface area contributed by atoms with Crippen LogP contribution < -0.4 is 5.32 Å². The number of carboxylic acids is 1. The van der Waals surface area contributed by atoms with Gasteiger partial charge >= 0.3 is 5.97 Å². The van der Waals surface area contributed by atoms with E-state index < -0.39 is 5.97 Å². The summed E-state index contributed by atoms with van der Waals surface area (Å²) < 4.78 is 16.6. The molecule has 2 aliphatic carbocycles. The van der Waals surface area contributed by atoms with Crippen LogP contribution in [0.4, 0.5) is 10.2 Å². The molecule has 0 saturated heterocycles. The number of pyridine rings is 1. The number of aromatic carboxylic acids is 1. The van der Waals surface area contributed by atoms with Crippen molar-refractivity contribution in [2.45, 2.75) is 84.6 Å². The second kappa shape index (κ2) is 10.7. The predicted molar refractivity (Wildman–Crippen MR) is 141 cm³/mol. The predicted octanol–water partition coefficient (Wildman–Crippen LogP) is 6.28. The summed E-state index contributed by atoms with van der Waals surface area (Å²) in [7, 11) is 0. The SMILES string of the molecule is CC(C)c1cc(-c2nc3nc(C(=O)O)nc(NCCC4CCC4)c3n2C[C@H]2CC[C@H](C)CC2)ncc1F. The van der Waals surface area contributed by atoms with Crippen molar-refractivity contribution in [3.8, 4) is 11.5 Å². The van der Waals surface area contributed by atoms with Gasteiger partial charge < -0.3 is 15.0 Å². The minimum Gasteiger partial charge on any atom is -0.475 e. The molecule has 2 saturated carbocycles. The molecule has 9 heteroatoms. The van der Waals surface area contributed by atoms with Crippen LogP contribution in [0.5, 0.6) is 0 Å². The summed E-state index contributed by atoms with van der Waals surface area (Å²) >= 11 is 0. The quantitative estimate of drug-likeness (QED) is 0.350. The van der Waals surface area contributed by atoms with Crippen molar-refractivity contribution in [3.05, 3.63) is 29.5 Å². The van der Waals surface area contributed by atoms with E-state index in [9.17, 15) is 14.3 Å². The lowest BCUT2D eigenvalue weighted by atomic mass is 9.83. The van der Waals surface area contributed by atoms with E-state index in [1.807, 2.05) is 13.8 Å². The number of nitrogens with zero attached hydrogens (tertiary/aromatic N) is 5. The zero-order valence-electron chi connectivity index (χ0n) is 22.0. The Balaban J connectivity index is 1.61. The van der Waals surface area contributed by atoms with Crippen molar-refractivity contribution in [3.63, 3.8) is 0 Å². The summed E-state index contributed by atoms with van der Waals surface area (Å²) in [5, 5.41) is 13.1. The van der Waals surface area contributed by atoms with Gasteiger partial charge in [-0.05, 0) is 54.6 Å². The van der Waals surface area contributed by atoms with Crippen LogP contribution in [0.15, 0.2) is 12.3 Å². The topological polar surface area (TPSA) is 106 Å². The highest BCUT2D eigenvalue weighted by Crippen LogP contribution is 2.35. The Hall–Kier alpha value is -3.10. The number of nitrogens with one attached hydrogen (secondary N) is 1. The van der Waals surface area contributed by atoms with Crippen LogP contribution >= 0.6 is 0 Å². The molecule has 0 spiro atoms. The summed E-state index contributed by atoms with van der Waals surface area (Å²) in [5.74, 6) is 1.15. The standard InChI is InChI=1S/C28H37FN6O2/c1-16(2)20-13-22(31-14-21(20)29)27-34-25-23(35(27)15-19-9-7-17(3)8-10-19)24(32-26(33-25)28(36)37)30-12-11-18-5-4-6-18/h13-14,16-19H,4-12,15H2,1-3H3,(H,36,37)(H,30,32,33)/t17-,19-. The lowest BCUT2D eigenvalue weighted by Gasteiger charge is -2.27. The molecule has 3 aromatic heterocycles. The molecule has 3 aromatic rings. The zero-order valence-corrected chi connectivity index (χ0v) is 22.0. The Bertz CT molecular complexity index is 1280. The first-order valence-electron chi connectivity index (χ1n) is 13.7. The molecule has 8 nitrogen and oxygen atoms in total. The molecule has 2 aliphatic rings. The van der Waals surface area contributed by atoms with Gasteiger partial charge in [-0.2, -0.15) is 0 Å². The Kier molecular flexibility index (Phi) is 7.40. The van der Waals surface area contributed by atoms with E-state index in [0.717, 1.165) is 25.2 Å². The van der Waals surface area contributed by atoms with Gasteiger partial charge in [-0.3, -0.25) is 0 Å². The fourth-order valence-corrected chi connectivity index (χ4v) is 5.59. The van der Waals surface area contributed by atoms with Crippen LogP contribution in [0.25, 0.3) is 22.7 Å². The van der Waals surface area contributed by atoms with Gasteiger partial charge in [0.25, 0.3) is 0 Å². The van der Waals surface area contributed by atoms with E-state index in [1.54, 1.807) is 6.07 Å². The normalized spacial score (nSPS) is 20.4. The fourth-order valence-electron chi connectivity index (χ4n) is 5.59. The van der Waals surface area contributed by atoms with Crippen molar-refractivity contribution < 1.29 is 14.3 Å². The minimum absolute atomic E-state index is 0.0125. The summed E-state index contributed by atoms with van der Waals surface area (Å²) in [6, 6.07) is 1.76. The largest absolute Gasteiger partial charge is 0.475 e. The fraction of sp³-hybridized carbons (Fsp3) is 0.607. The van der Waals surface area contributed by atoms with E-state index in [0.29, 0.717) is 59.0 Å². The van der Waals surface area contributed by atoms with Crippen molar-refractivity contribution in [1.29, 1.82) is 0 Å². The maximum Gasteiger partial charge on any atom is 0.374 e. The Morgan fingerprint density at radius 1 is 1.14 bits per heavy atom. The van der Waals surface area contributed by atoms with Gasteiger partial charge in [0.15, 0.2) is 17.3 Å². The highest BCUT2D eigenvalue weighted by molar-refractivity contribution is 5.92. The van der Waals surface area contributed by atoms with Crippen LogP contribution in [0.2, 0.25) is 0 Å². The lowest BCUT2D eigenvalue weighted by Crippen LogP contribution is -2.20. The van der Waals surface area contributed by atoms with Crippen molar-refractivity contribution in [2.75, 3.05) is 11.9 Å². The van der Waals surface area contributed by atoms with Gasteiger partial charge in [-0.15, -0.1) is 0 Å². The van der Waals surface area contributed by atoms with Crippen LogP contribution in [-0.4, -0.2) is 42.1 Å². The summed E-state index contributed by atoms with van der Waals surface area (Å²) in [5.41, 5.74) is 2.16. The molecule has 0 radical (unpaired) electrons. The third-order valence-electron chi connectivity index (χ3n) is 8.18. The zero-order chi connectivity index (χ0) is 26.1. The average Bonchev–Trinajstić information content (AvgIpc) is 3.20. The summed E-state index contributed by atoms with van der Waals surface area (Å²) in [6.45, 7) is 7.62. The Labute approximate surface area is 217 Å². The second-order valence-electron chi connectivity index (χ2n) is 11.3. The van der Waals surface area contributed by atoms with Crippen LogP contribution in [0.3, 0.4) is 0 Å². The first kappa shape index (κ1) is 25.5. The number of hydrogen-bond donors (Lipinski definition) is 2. The molecule has 2 fully saturated rings. The number of imidazole rings is 1. The van der Waals surface area contributed by atoms with E-state index in [-0.39, 0.29) is 17.6 Å². The van der Waals surface area contributed by atoms with Gasteiger partial charge in [0.1, 0.15) is 17.0 Å². The van der Waals surface area contributed by atoms with Crippen molar-refractivity contribution >= 4 is 23.0 Å². The molecular weight excluding hydrogens is 471 g/mol. The second-order valence-corrected chi connectivity index (χ2v) is 11.3. The summed E-state index contributed by atoms with van der Waals surface area (Å²) in [4.78, 5) is 29.8. The monoisotopic (exact) mass is 508 g/mol. The number of rotatable bonds is 9. The van der Waals surface area contributed by atoms with Crippen molar-refractivity contribution in [1.82, 2.24) is 24.5 Å². The number of hydrogen-bond acceptors (Lipinski definition) is 6. The molecule has 5 rings (SSSR count). The van der Waals surface area contributed by atoms with Gasteiger partial charge in [-0.1, -0.05) is 52.9 Å². The molecule has 198 valence electrons. The maximum atomic E-state index is 14.5. The molecule has 37 heavy (non-hydrogen) atoms. The number of fused-ring (bicyclic) bond motifs is 1. The average molecular weight is 509 g/mol. The first-order chi connectivity index (χ1) is 17.8. The Morgan fingerprint density at radius 2 is 1.89 bits per heavy atom. The lowest BCUT2D eigenvalue weighted by molar-refractivity contribution is 0.0684. The molecule has 0 aliphatic heterocycles. The molecule has 2 N–H and O–H groups in total. The molecule has 3 heterocycles. The third kappa shape index (κ3) is 5.45. The molecule has 0 amide bonds. The highest BCUT2D eigenvalue weighted by atomic mass is 19.1. The van der Waals surface area contributed by atoms with E-state index in [1.165, 1.54) is 38.3 Å². The Morgan fingerprint density at radius 3 is 2.54 bits per heavy atom. The molecular formula is C28H37FN6O2. The van der Waals surface area contributed by atoms with Crippen LogP contribution in [0.1, 0.15) is 94.2 Å².